The van der Waals surface area contributed by atoms with E-state index in [1.165, 1.54) is 0 Å². The molecule has 0 bridgehead atoms. The van der Waals surface area contributed by atoms with Crippen LogP contribution in [0.2, 0.25) is 0 Å². The van der Waals surface area contributed by atoms with Crippen LogP contribution in [-0.4, -0.2) is 28.5 Å². The highest BCUT2D eigenvalue weighted by Crippen LogP contribution is 2.29. The highest BCUT2D eigenvalue weighted by molar-refractivity contribution is 5.18. The number of rotatable bonds is 6. The van der Waals surface area contributed by atoms with Crippen molar-refractivity contribution in [1.82, 2.24) is 15.3 Å². The topological polar surface area (TPSA) is 54.2 Å². The van der Waals surface area contributed by atoms with Crippen LogP contribution in [0.25, 0.3) is 0 Å². The molecule has 0 aliphatic heterocycles. The van der Waals surface area contributed by atoms with Gasteiger partial charge in [-0.1, -0.05) is 19.9 Å². The number of hydrogen-bond donors (Lipinski definition) is 2. The molecule has 0 aliphatic rings. The van der Waals surface area contributed by atoms with Gasteiger partial charge in [-0.05, 0) is 38.6 Å². The zero-order chi connectivity index (χ0) is 12.9. The summed E-state index contributed by atoms with van der Waals surface area (Å²) >= 11 is 0. The van der Waals surface area contributed by atoms with Crippen LogP contribution in [0.4, 0.5) is 0 Å². The zero-order valence-corrected chi connectivity index (χ0v) is 11.3. The Morgan fingerprint density at radius 3 is 2.47 bits per heavy atom. The van der Waals surface area contributed by atoms with Crippen LogP contribution in [0, 0.1) is 0 Å². The molecule has 0 amide bonds. The fourth-order valence-electron chi connectivity index (χ4n) is 2.48. The first-order valence-corrected chi connectivity index (χ1v) is 6.19. The van der Waals surface area contributed by atoms with Crippen molar-refractivity contribution in [2.45, 2.75) is 39.3 Å². The average Bonchev–Trinajstić information content (AvgIpc) is 2.32. The summed E-state index contributed by atoms with van der Waals surface area (Å²) in [5.41, 5.74) is 3.99. The SMILES string of the molecule is CCN(CC)C(C)(C)C(NN)c1cccnc1. The minimum Gasteiger partial charge on any atom is -0.297 e. The van der Waals surface area contributed by atoms with Gasteiger partial charge < -0.3 is 0 Å². The van der Waals surface area contributed by atoms with Crippen molar-refractivity contribution in [2.75, 3.05) is 13.1 Å². The van der Waals surface area contributed by atoms with E-state index in [-0.39, 0.29) is 11.6 Å². The van der Waals surface area contributed by atoms with Crippen LogP contribution in [0.3, 0.4) is 0 Å². The molecule has 1 rings (SSSR count). The fraction of sp³-hybridized carbons (Fsp3) is 0.615. The number of nitrogens with two attached hydrogens (primary N) is 1. The molecule has 0 aromatic carbocycles. The molecular formula is C13H24N4. The third-order valence-electron chi connectivity index (χ3n) is 3.47. The van der Waals surface area contributed by atoms with Crippen molar-refractivity contribution in [3.63, 3.8) is 0 Å². The summed E-state index contributed by atoms with van der Waals surface area (Å²) in [6.07, 6.45) is 3.65. The Morgan fingerprint density at radius 2 is 2.06 bits per heavy atom. The lowest BCUT2D eigenvalue weighted by Crippen LogP contribution is -2.54. The minimum absolute atomic E-state index is 0.0543. The summed E-state index contributed by atoms with van der Waals surface area (Å²) in [6, 6.07) is 4.07. The monoisotopic (exact) mass is 236 g/mol. The molecule has 0 saturated carbocycles. The molecule has 1 unspecified atom stereocenters. The lowest BCUT2D eigenvalue weighted by molar-refractivity contribution is 0.0911. The van der Waals surface area contributed by atoms with Gasteiger partial charge in [0, 0.05) is 17.9 Å². The average molecular weight is 236 g/mol. The van der Waals surface area contributed by atoms with Gasteiger partial charge in [-0.2, -0.15) is 0 Å². The van der Waals surface area contributed by atoms with Crippen LogP contribution in [0.5, 0.6) is 0 Å². The van der Waals surface area contributed by atoms with E-state index in [0.29, 0.717) is 0 Å². The van der Waals surface area contributed by atoms with Crippen molar-refractivity contribution < 1.29 is 0 Å². The largest absolute Gasteiger partial charge is 0.297 e. The first-order chi connectivity index (χ1) is 8.07. The van der Waals surface area contributed by atoms with Crippen molar-refractivity contribution in [3.8, 4) is 0 Å². The molecule has 96 valence electrons. The highest BCUT2D eigenvalue weighted by Gasteiger charge is 2.34. The third-order valence-corrected chi connectivity index (χ3v) is 3.47. The number of hydrogen-bond acceptors (Lipinski definition) is 4. The van der Waals surface area contributed by atoms with E-state index in [0.717, 1.165) is 18.7 Å². The molecule has 0 fully saturated rings. The Labute approximate surface area is 104 Å². The smallest absolute Gasteiger partial charge is 0.0653 e. The molecule has 4 nitrogen and oxygen atoms in total. The van der Waals surface area contributed by atoms with Gasteiger partial charge >= 0.3 is 0 Å². The van der Waals surface area contributed by atoms with E-state index < -0.39 is 0 Å². The predicted molar refractivity (Wildman–Crippen MR) is 71.3 cm³/mol. The Bertz CT molecular complexity index is 319. The van der Waals surface area contributed by atoms with Gasteiger partial charge in [0.1, 0.15) is 0 Å². The van der Waals surface area contributed by atoms with E-state index >= 15 is 0 Å². The summed E-state index contributed by atoms with van der Waals surface area (Å²) in [6.45, 7) is 10.8. The molecule has 4 heteroatoms. The van der Waals surface area contributed by atoms with Gasteiger partial charge in [0.25, 0.3) is 0 Å². The number of nitrogens with one attached hydrogen (secondary N) is 1. The van der Waals surface area contributed by atoms with E-state index in [4.69, 9.17) is 5.84 Å². The van der Waals surface area contributed by atoms with Crippen LogP contribution in [-0.2, 0) is 0 Å². The summed E-state index contributed by atoms with van der Waals surface area (Å²) in [5.74, 6) is 5.73. The second-order valence-electron chi connectivity index (χ2n) is 4.71. The van der Waals surface area contributed by atoms with Gasteiger partial charge in [-0.15, -0.1) is 0 Å². The first-order valence-electron chi connectivity index (χ1n) is 6.19. The lowest BCUT2D eigenvalue weighted by atomic mass is 9.88. The molecular weight excluding hydrogens is 212 g/mol. The van der Waals surface area contributed by atoms with Crippen molar-refractivity contribution in [2.24, 2.45) is 5.84 Å². The zero-order valence-electron chi connectivity index (χ0n) is 11.3. The number of aromatic nitrogens is 1. The van der Waals surface area contributed by atoms with E-state index in [2.05, 4.69) is 49.1 Å². The van der Waals surface area contributed by atoms with Gasteiger partial charge in [0.05, 0.1) is 6.04 Å². The molecule has 1 heterocycles. The first kappa shape index (κ1) is 14.1. The van der Waals surface area contributed by atoms with Crippen LogP contribution in [0.1, 0.15) is 39.3 Å². The number of hydrazine groups is 1. The number of pyridine rings is 1. The number of nitrogens with zero attached hydrogens (tertiary/aromatic N) is 2. The van der Waals surface area contributed by atoms with Gasteiger partial charge in [-0.25, -0.2) is 0 Å². The lowest BCUT2D eigenvalue weighted by Gasteiger charge is -2.43. The van der Waals surface area contributed by atoms with Gasteiger partial charge in [-0.3, -0.25) is 21.2 Å². The Morgan fingerprint density at radius 1 is 1.41 bits per heavy atom. The molecule has 1 aromatic heterocycles. The quantitative estimate of drug-likeness (QED) is 0.583. The summed E-state index contributed by atoms with van der Waals surface area (Å²) < 4.78 is 0. The molecule has 0 saturated heterocycles. The molecule has 17 heavy (non-hydrogen) atoms. The standard InChI is InChI=1S/C13H24N4/c1-5-17(6-2)13(3,4)12(16-14)11-8-7-9-15-10-11/h7-10,12,16H,5-6,14H2,1-4H3. The molecule has 0 aliphatic carbocycles. The van der Waals surface area contributed by atoms with E-state index in [1.807, 2.05) is 12.3 Å². The molecule has 3 N–H and O–H groups in total. The summed E-state index contributed by atoms with van der Waals surface area (Å²) in [7, 11) is 0. The van der Waals surface area contributed by atoms with Crippen LogP contribution in [0.15, 0.2) is 24.5 Å². The van der Waals surface area contributed by atoms with Crippen LogP contribution >= 0.6 is 0 Å². The Balaban J connectivity index is 3.01. The molecule has 1 aromatic rings. The maximum atomic E-state index is 5.73. The third kappa shape index (κ3) is 3.03. The maximum absolute atomic E-state index is 5.73. The summed E-state index contributed by atoms with van der Waals surface area (Å²) in [5, 5.41) is 0. The Kier molecular flexibility index (Phi) is 5.05. The minimum atomic E-state index is -0.0543. The van der Waals surface area contributed by atoms with Gasteiger partial charge in [0.15, 0.2) is 0 Å². The fourth-order valence-corrected chi connectivity index (χ4v) is 2.48. The maximum Gasteiger partial charge on any atom is 0.0653 e. The predicted octanol–water partition coefficient (Wildman–Crippen LogP) is 1.71. The van der Waals surface area contributed by atoms with Crippen molar-refractivity contribution >= 4 is 0 Å². The Hall–Kier alpha value is -0.970. The number of likely N-dealkylation sites (N-methyl/N-ethyl adjacent to an activating group) is 1. The van der Waals surface area contributed by atoms with E-state index in [9.17, 15) is 0 Å². The van der Waals surface area contributed by atoms with Crippen molar-refractivity contribution in [3.05, 3.63) is 30.1 Å². The molecule has 0 radical (unpaired) electrons. The van der Waals surface area contributed by atoms with Crippen molar-refractivity contribution in [1.29, 1.82) is 0 Å². The van der Waals surface area contributed by atoms with Gasteiger partial charge in [0.2, 0.25) is 0 Å². The highest BCUT2D eigenvalue weighted by atomic mass is 15.3. The second-order valence-corrected chi connectivity index (χ2v) is 4.71. The molecule has 0 spiro atoms. The summed E-state index contributed by atoms with van der Waals surface area (Å²) in [4.78, 5) is 6.56. The van der Waals surface area contributed by atoms with Crippen LogP contribution < -0.4 is 11.3 Å². The second kappa shape index (κ2) is 6.10. The van der Waals surface area contributed by atoms with E-state index in [1.54, 1.807) is 6.20 Å². The normalized spacial score (nSPS) is 14.0. The molecule has 1 atom stereocenters.